The van der Waals surface area contributed by atoms with Gasteiger partial charge in [-0.05, 0) is 60.0 Å². The Bertz CT molecular complexity index is 1270. The molecule has 1 aromatic heterocycles. The van der Waals surface area contributed by atoms with E-state index in [1.54, 1.807) is 18.2 Å². The molecule has 0 atom stereocenters. The minimum absolute atomic E-state index is 0.127. The first kappa shape index (κ1) is 21.1. The predicted octanol–water partition coefficient (Wildman–Crippen LogP) is 4.96. The molecule has 0 spiro atoms. The van der Waals surface area contributed by atoms with Crippen LogP contribution in [0.5, 0.6) is 5.75 Å². The third kappa shape index (κ3) is 4.29. The minimum Gasteiger partial charge on any atom is -0.506 e. The highest BCUT2D eigenvalue weighted by Gasteiger charge is 2.23. The van der Waals surface area contributed by atoms with Gasteiger partial charge in [0.05, 0.1) is 5.69 Å². The van der Waals surface area contributed by atoms with Crippen molar-refractivity contribution in [3.63, 3.8) is 0 Å². The zero-order valence-corrected chi connectivity index (χ0v) is 18.3. The van der Waals surface area contributed by atoms with Crippen molar-refractivity contribution < 1.29 is 14.3 Å². The molecule has 2 heterocycles. The number of anilines is 1. The Kier molecular flexibility index (Phi) is 5.73. The molecule has 4 aromatic rings. The van der Waals surface area contributed by atoms with Gasteiger partial charge in [-0.1, -0.05) is 30.3 Å². The lowest BCUT2D eigenvalue weighted by Gasteiger charge is -2.36. The van der Waals surface area contributed by atoms with Crippen LogP contribution < -0.4 is 4.90 Å². The zero-order chi connectivity index (χ0) is 22.8. The molecule has 0 radical (unpaired) electrons. The van der Waals surface area contributed by atoms with Gasteiger partial charge >= 0.3 is 0 Å². The lowest BCUT2D eigenvalue weighted by atomic mass is 10.0. The summed E-state index contributed by atoms with van der Waals surface area (Å²) >= 11 is 0. The van der Waals surface area contributed by atoms with Gasteiger partial charge in [-0.15, -0.1) is 0 Å². The Labute approximate surface area is 192 Å². The van der Waals surface area contributed by atoms with E-state index in [0.717, 1.165) is 33.4 Å². The van der Waals surface area contributed by atoms with Gasteiger partial charge in [0.2, 0.25) is 5.91 Å². The van der Waals surface area contributed by atoms with Gasteiger partial charge in [-0.3, -0.25) is 4.79 Å². The number of benzene rings is 3. The molecule has 0 unspecified atom stereocenters. The number of carbonyl (C=O) groups excluding carboxylic acids is 1. The van der Waals surface area contributed by atoms with Crippen molar-refractivity contribution in [1.82, 2.24) is 9.88 Å². The van der Waals surface area contributed by atoms with Crippen molar-refractivity contribution >= 4 is 22.5 Å². The second kappa shape index (κ2) is 8.98. The number of aryl methyl sites for hydroxylation is 1. The molecule has 6 heteroatoms. The van der Waals surface area contributed by atoms with Gasteiger partial charge in [-0.2, -0.15) is 0 Å². The van der Waals surface area contributed by atoms with Crippen molar-refractivity contribution in [2.24, 2.45) is 0 Å². The van der Waals surface area contributed by atoms with Crippen molar-refractivity contribution in [2.75, 3.05) is 31.1 Å². The summed E-state index contributed by atoms with van der Waals surface area (Å²) < 4.78 is 13.4. The van der Waals surface area contributed by atoms with Crippen LogP contribution in [0.15, 0.2) is 72.8 Å². The second-order valence-electron chi connectivity index (χ2n) is 8.39. The molecule has 1 saturated heterocycles. The Morgan fingerprint density at radius 3 is 2.36 bits per heavy atom. The summed E-state index contributed by atoms with van der Waals surface area (Å²) in [5.74, 6) is 0.127. The number of rotatable bonds is 5. The minimum atomic E-state index is -0.269. The fourth-order valence-electron chi connectivity index (χ4n) is 4.64. The summed E-state index contributed by atoms with van der Waals surface area (Å²) in [5.41, 5.74) is 4.75. The van der Waals surface area contributed by atoms with Crippen LogP contribution in [0, 0.1) is 5.82 Å². The highest BCUT2D eigenvalue weighted by Crippen LogP contribution is 2.32. The molecule has 1 aliphatic heterocycles. The summed E-state index contributed by atoms with van der Waals surface area (Å²) in [5, 5.41) is 11.2. The fourth-order valence-corrected chi connectivity index (χ4v) is 4.64. The van der Waals surface area contributed by atoms with Gasteiger partial charge < -0.3 is 19.9 Å². The third-order valence-corrected chi connectivity index (χ3v) is 6.39. The van der Waals surface area contributed by atoms with Crippen molar-refractivity contribution in [3.05, 3.63) is 84.2 Å². The molecule has 1 amide bonds. The molecule has 5 rings (SSSR count). The number of aromatic amines is 1. The van der Waals surface area contributed by atoms with E-state index in [0.29, 0.717) is 39.0 Å². The van der Waals surface area contributed by atoms with Gasteiger partial charge in [0, 0.05) is 49.2 Å². The fraction of sp³-hybridized carbons (Fsp3) is 0.222. The van der Waals surface area contributed by atoms with Gasteiger partial charge in [0.25, 0.3) is 0 Å². The van der Waals surface area contributed by atoms with E-state index in [9.17, 15) is 14.3 Å². The Morgan fingerprint density at radius 2 is 1.61 bits per heavy atom. The van der Waals surface area contributed by atoms with Crippen molar-refractivity contribution in [1.29, 1.82) is 0 Å². The van der Waals surface area contributed by atoms with Crippen LogP contribution in [0.3, 0.4) is 0 Å². The Morgan fingerprint density at radius 1 is 0.909 bits per heavy atom. The average molecular weight is 444 g/mol. The number of phenolic OH excluding ortho intramolecular Hbond substituents is 1. The molecule has 0 aliphatic carbocycles. The number of nitrogens with zero attached hydrogens (tertiary/aromatic N) is 2. The Balaban J connectivity index is 1.29. The van der Waals surface area contributed by atoms with E-state index >= 15 is 0 Å². The van der Waals surface area contributed by atoms with Crippen LogP contribution in [-0.4, -0.2) is 47.1 Å². The van der Waals surface area contributed by atoms with Gasteiger partial charge in [0.1, 0.15) is 11.6 Å². The smallest absolute Gasteiger partial charge is 0.223 e. The number of hydrogen-bond acceptors (Lipinski definition) is 3. The first-order chi connectivity index (χ1) is 16.1. The molecule has 1 fully saturated rings. The molecule has 168 valence electrons. The number of aromatic nitrogens is 1. The molecular weight excluding hydrogens is 417 g/mol. The van der Waals surface area contributed by atoms with Crippen LogP contribution in [0.1, 0.15) is 12.0 Å². The lowest BCUT2D eigenvalue weighted by molar-refractivity contribution is -0.131. The SMILES string of the molecule is O=C(CCc1c(-c2ccc(F)cc2)[nH]c2ccccc12)N1CCN(c2ccccc2O)CC1. The van der Waals surface area contributed by atoms with Crippen LogP contribution >= 0.6 is 0 Å². The molecule has 0 bridgehead atoms. The van der Waals surface area contributed by atoms with E-state index in [1.807, 2.05) is 41.3 Å². The summed E-state index contributed by atoms with van der Waals surface area (Å²) in [6.45, 7) is 2.65. The number of hydrogen-bond donors (Lipinski definition) is 2. The number of phenols is 1. The molecule has 5 nitrogen and oxygen atoms in total. The number of halogens is 1. The first-order valence-electron chi connectivity index (χ1n) is 11.3. The second-order valence-corrected chi connectivity index (χ2v) is 8.39. The average Bonchev–Trinajstić information content (AvgIpc) is 3.22. The highest BCUT2D eigenvalue weighted by atomic mass is 19.1. The van der Waals surface area contributed by atoms with E-state index in [2.05, 4.69) is 16.0 Å². The number of para-hydroxylation sites is 3. The number of piperazine rings is 1. The third-order valence-electron chi connectivity index (χ3n) is 6.39. The van der Waals surface area contributed by atoms with E-state index < -0.39 is 0 Å². The quantitative estimate of drug-likeness (QED) is 0.458. The lowest BCUT2D eigenvalue weighted by Crippen LogP contribution is -2.48. The maximum atomic E-state index is 13.4. The van der Waals surface area contributed by atoms with E-state index in [-0.39, 0.29) is 17.5 Å². The summed E-state index contributed by atoms with van der Waals surface area (Å²) in [4.78, 5) is 20.5. The van der Waals surface area contributed by atoms with Crippen LogP contribution in [0.4, 0.5) is 10.1 Å². The summed E-state index contributed by atoms with van der Waals surface area (Å²) in [7, 11) is 0. The topological polar surface area (TPSA) is 59.6 Å². The largest absolute Gasteiger partial charge is 0.506 e. The van der Waals surface area contributed by atoms with E-state index in [1.165, 1.54) is 12.1 Å². The monoisotopic (exact) mass is 443 g/mol. The number of nitrogens with one attached hydrogen (secondary N) is 1. The standard InChI is InChI=1S/C27H26FN3O2/c28-20-11-9-19(10-12-20)27-22(21-5-1-2-6-23(21)29-27)13-14-26(33)31-17-15-30(16-18-31)24-7-3-4-8-25(24)32/h1-12,29,32H,13-18H2. The maximum Gasteiger partial charge on any atom is 0.223 e. The van der Waals surface area contributed by atoms with Crippen molar-refractivity contribution in [3.8, 4) is 17.0 Å². The molecule has 2 N–H and O–H groups in total. The normalized spacial score (nSPS) is 14.1. The molecule has 1 aliphatic rings. The van der Waals surface area contributed by atoms with Crippen LogP contribution in [0.2, 0.25) is 0 Å². The molecule has 3 aromatic carbocycles. The maximum absolute atomic E-state index is 13.4. The predicted molar refractivity (Wildman–Crippen MR) is 129 cm³/mol. The van der Waals surface area contributed by atoms with Gasteiger partial charge in [0.15, 0.2) is 0 Å². The highest BCUT2D eigenvalue weighted by molar-refractivity contribution is 5.91. The molecule has 33 heavy (non-hydrogen) atoms. The van der Waals surface area contributed by atoms with Crippen LogP contribution in [0.25, 0.3) is 22.2 Å². The number of H-pyrrole nitrogens is 1. The molecular formula is C27H26FN3O2. The number of fused-ring (bicyclic) bond motifs is 1. The zero-order valence-electron chi connectivity index (χ0n) is 18.3. The number of aromatic hydroxyl groups is 1. The Hall–Kier alpha value is -3.80. The number of amides is 1. The van der Waals surface area contributed by atoms with Crippen LogP contribution in [-0.2, 0) is 11.2 Å². The molecule has 0 saturated carbocycles. The summed E-state index contributed by atoms with van der Waals surface area (Å²) in [6.07, 6.45) is 1.02. The number of carbonyl (C=O) groups is 1. The summed E-state index contributed by atoms with van der Waals surface area (Å²) in [6, 6.07) is 21.8. The first-order valence-corrected chi connectivity index (χ1v) is 11.3. The van der Waals surface area contributed by atoms with Gasteiger partial charge in [-0.25, -0.2) is 4.39 Å². The van der Waals surface area contributed by atoms with E-state index in [4.69, 9.17) is 0 Å². The van der Waals surface area contributed by atoms with Crippen molar-refractivity contribution in [2.45, 2.75) is 12.8 Å².